The van der Waals surface area contributed by atoms with Crippen molar-refractivity contribution >= 4 is 5.96 Å². The van der Waals surface area contributed by atoms with Gasteiger partial charge in [0.05, 0.1) is 19.8 Å². The van der Waals surface area contributed by atoms with Gasteiger partial charge in [-0.05, 0) is 20.8 Å². The Kier molecular flexibility index (Phi) is 5.50. The van der Waals surface area contributed by atoms with Gasteiger partial charge in [0, 0.05) is 25.6 Å². The van der Waals surface area contributed by atoms with E-state index in [0.29, 0.717) is 33.0 Å². The minimum absolute atomic E-state index is 0.179. The predicted molar refractivity (Wildman–Crippen MR) is 82.1 cm³/mol. The number of nitrogens with zero attached hydrogens (tertiary/aromatic N) is 5. The molecule has 10 nitrogen and oxygen atoms in total. The molecule has 10 heteroatoms. The normalized spacial score (nSPS) is 18.9. The molecule has 2 rings (SSSR count). The monoisotopic (exact) mass is 326 g/mol. The van der Waals surface area contributed by atoms with E-state index >= 15 is 0 Å². The van der Waals surface area contributed by atoms with Crippen LogP contribution in [0.5, 0.6) is 0 Å². The largest absolute Gasteiger partial charge is 0.347 e. The summed E-state index contributed by atoms with van der Waals surface area (Å²) < 4.78 is 13.4. The molecule has 1 fully saturated rings. The summed E-state index contributed by atoms with van der Waals surface area (Å²) in [6.45, 7) is 7.54. The van der Waals surface area contributed by atoms with Crippen molar-refractivity contribution in [2.24, 2.45) is 5.10 Å². The second-order valence-electron chi connectivity index (χ2n) is 5.08. The van der Waals surface area contributed by atoms with Gasteiger partial charge in [-0.15, -0.1) is 0 Å². The van der Waals surface area contributed by atoms with Crippen LogP contribution in [0, 0.1) is 17.0 Å². The lowest BCUT2D eigenvalue weighted by Gasteiger charge is -2.42. The molecule has 0 atom stereocenters. The summed E-state index contributed by atoms with van der Waals surface area (Å²) in [7, 11) is 0. The molecule has 1 aliphatic rings. The van der Waals surface area contributed by atoms with Crippen LogP contribution in [-0.2, 0) is 16.1 Å². The third kappa shape index (κ3) is 4.17. The van der Waals surface area contributed by atoms with Crippen LogP contribution < -0.4 is 5.32 Å². The zero-order valence-corrected chi connectivity index (χ0v) is 13.6. The van der Waals surface area contributed by atoms with Gasteiger partial charge in [-0.3, -0.25) is 0 Å². The van der Waals surface area contributed by atoms with Gasteiger partial charge < -0.3 is 24.3 Å². The minimum atomic E-state index is -0.867. The number of hydrazone groups is 1. The van der Waals surface area contributed by atoms with E-state index in [9.17, 15) is 10.1 Å². The second kappa shape index (κ2) is 7.38. The third-order valence-electron chi connectivity index (χ3n) is 3.48. The lowest BCUT2D eigenvalue weighted by Crippen LogP contribution is -2.63. The molecule has 0 unspecified atom stereocenters. The van der Waals surface area contributed by atoms with E-state index in [2.05, 4.69) is 15.4 Å². The van der Waals surface area contributed by atoms with E-state index in [0.717, 1.165) is 5.82 Å². The van der Waals surface area contributed by atoms with Crippen molar-refractivity contribution in [3.63, 3.8) is 0 Å². The Labute approximate surface area is 134 Å². The van der Waals surface area contributed by atoms with Crippen LogP contribution in [-0.4, -0.2) is 57.5 Å². The smallest absolute Gasteiger partial charge is 0.273 e. The molecule has 1 aliphatic heterocycles. The van der Waals surface area contributed by atoms with Crippen LogP contribution in [0.15, 0.2) is 17.5 Å². The fraction of sp³-hybridized carbons (Fsp3) is 0.692. The maximum Gasteiger partial charge on any atom is 0.273 e. The molecule has 0 spiro atoms. The van der Waals surface area contributed by atoms with E-state index in [4.69, 9.17) is 9.47 Å². The van der Waals surface area contributed by atoms with Gasteiger partial charge in [-0.2, -0.15) is 0 Å². The number of aromatic nitrogens is 2. The first-order valence-corrected chi connectivity index (χ1v) is 7.47. The van der Waals surface area contributed by atoms with Gasteiger partial charge in [0.1, 0.15) is 10.9 Å². The number of guanidine groups is 1. The number of nitrogens with one attached hydrogen (secondary N) is 1. The fourth-order valence-electron chi connectivity index (χ4n) is 2.54. The Bertz CT molecular complexity index is 567. The molecule has 1 N–H and O–H groups in total. The molecule has 0 amide bonds. The molecule has 0 bridgehead atoms. The van der Waals surface area contributed by atoms with E-state index in [1.54, 1.807) is 17.3 Å². The number of hydrogen-bond donors (Lipinski definition) is 1. The molecular weight excluding hydrogens is 304 g/mol. The van der Waals surface area contributed by atoms with E-state index < -0.39 is 10.8 Å². The molecule has 2 heterocycles. The summed E-state index contributed by atoms with van der Waals surface area (Å²) in [5.41, 5.74) is 0. The van der Waals surface area contributed by atoms with E-state index in [1.165, 1.54) is 0 Å². The molecule has 1 aromatic heterocycles. The van der Waals surface area contributed by atoms with Crippen LogP contribution in [0.2, 0.25) is 0 Å². The van der Waals surface area contributed by atoms with Gasteiger partial charge in [0.15, 0.2) is 5.03 Å². The fourth-order valence-corrected chi connectivity index (χ4v) is 2.54. The highest BCUT2D eigenvalue weighted by Crippen LogP contribution is 2.20. The topological polar surface area (TPSA) is 107 Å². The second-order valence-corrected chi connectivity index (χ2v) is 5.08. The van der Waals surface area contributed by atoms with Crippen LogP contribution in [0.25, 0.3) is 0 Å². The first kappa shape index (κ1) is 17.2. The molecule has 0 aromatic carbocycles. The highest BCUT2D eigenvalue weighted by Gasteiger charge is 2.40. The maximum absolute atomic E-state index is 10.8. The van der Waals surface area contributed by atoms with Crippen molar-refractivity contribution in [1.82, 2.24) is 19.8 Å². The highest BCUT2D eigenvalue weighted by molar-refractivity contribution is 5.80. The van der Waals surface area contributed by atoms with Crippen LogP contribution >= 0.6 is 0 Å². The summed E-state index contributed by atoms with van der Waals surface area (Å²) in [5, 5.41) is 16.4. The van der Waals surface area contributed by atoms with Crippen molar-refractivity contribution in [3.05, 3.63) is 28.3 Å². The van der Waals surface area contributed by atoms with Crippen molar-refractivity contribution < 1.29 is 14.5 Å². The quantitative estimate of drug-likeness (QED) is 0.438. The Morgan fingerprint density at radius 1 is 1.48 bits per heavy atom. The van der Waals surface area contributed by atoms with Crippen molar-refractivity contribution in [1.29, 1.82) is 0 Å². The number of aryl methyl sites for hydroxylation is 1. The van der Waals surface area contributed by atoms with Gasteiger partial charge in [-0.25, -0.2) is 15.1 Å². The average Bonchev–Trinajstić information content (AvgIpc) is 2.88. The summed E-state index contributed by atoms with van der Waals surface area (Å²) in [5.74, 6) is 0.112. The van der Waals surface area contributed by atoms with Crippen LogP contribution in [0.3, 0.4) is 0 Å². The van der Waals surface area contributed by atoms with Crippen LogP contribution in [0.4, 0.5) is 0 Å². The molecular formula is C13H22N6O4. The molecule has 1 saturated heterocycles. The predicted octanol–water partition coefficient (Wildman–Crippen LogP) is 0.371. The van der Waals surface area contributed by atoms with Crippen molar-refractivity contribution in [2.45, 2.75) is 33.2 Å². The summed E-state index contributed by atoms with van der Waals surface area (Å²) in [4.78, 5) is 16.6. The summed E-state index contributed by atoms with van der Waals surface area (Å²) in [6, 6.07) is 0. The number of rotatable bonds is 7. The lowest BCUT2D eigenvalue weighted by molar-refractivity contribution is -0.486. The minimum Gasteiger partial charge on any atom is -0.347 e. The Hall–Kier alpha value is -2.20. The SMILES string of the molecule is CCOC1(OCC)CN/C(=N\[N+](=O)[O-])N(Cn2ccnc2C)C1. The first-order chi connectivity index (χ1) is 11.0. The third-order valence-corrected chi connectivity index (χ3v) is 3.48. The van der Waals surface area contributed by atoms with Gasteiger partial charge in [0.25, 0.3) is 5.96 Å². The number of imidazole rings is 1. The molecule has 23 heavy (non-hydrogen) atoms. The number of ether oxygens (including phenoxy) is 2. The van der Waals surface area contributed by atoms with Crippen molar-refractivity contribution in [2.75, 3.05) is 26.3 Å². The first-order valence-electron chi connectivity index (χ1n) is 7.47. The standard InChI is InChI=1S/C13H22N6O4/c1-4-22-13(23-5-2)8-15-12(16-19(20)21)18(9-13)10-17-7-6-14-11(17)3/h6-7H,4-5,8-10H2,1-3H3,(H,15,16). The van der Waals surface area contributed by atoms with Crippen molar-refractivity contribution in [3.8, 4) is 0 Å². The number of nitro groups is 1. The lowest BCUT2D eigenvalue weighted by atomic mass is 10.2. The maximum atomic E-state index is 10.8. The summed E-state index contributed by atoms with van der Waals surface area (Å²) in [6.07, 6.45) is 3.48. The summed E-state index contributed by atoms with van der Waals surface area (Å²) >= 11 is 0. The molecule has 128 valence electrons. The van der Waals surface area contributed by atoms with Gasteiger partial charge in [0.2, 0.25) is 5.79 Å². The zero-order chi connectivity index (χ0) is 16.9. The number of hydrogen-bond acceptors (Lipinski definition) is 5. The van der Waals surface area contributed by atoms with Gasteiger partial charge in [-0.1, -0.05) is 0 Å². The molecule has 0 radical (unpaired) electrons. The zero-order valence-electron chi connectivity index (χ0n) is 13.6. The highest BCUT2D eigenvalue weighted by atomic mass is 16.7. The Morgan fingerprint density at radius 3 is 2.70 bits per heavy atom. The molecule has 0 saturated carbocycles. The Morgan fingerprint density at radius 2 is 2.17 bits per heavy atom. The van der Waals surface area contributed by atoms with E-state index in [1.807, 2.05) is 25.3 Å². The molecule has 0 aliphatic carbocycles. The molecule has 1 aromatic rings. The van der Waals surface area contributed by atoms with E-state index in [-0.39, 0.29) is 5.96 Å². The Balaban J connectivity index is 2.25. The van der Waals surface area contributed by atoms with Crippen LogP contribution in [0.1, 0.15) is 19.7 Å². The van der Waals surface area contributed by atoms with Gasteiger partial charge >= 0.3 is 0 Å². The average molecular weight is 326 g/mol.